The lowest BCUT2D eigenvalue weighted by Gasteiger charge is -1.96. The predicted molar refractivity (Wildman–Crippen MR) is 65.0 cm³/mol. The molecule has 2 aromatic heterocycles. The number of aryl methyl sites for hydroxylation is 1. The number of thiophene rings is 1. The van der Waals surface area contributed by atoms with Crippen LogP contribution in [0.25, 0.3) is 0 Å². The first-order valence-corrected chi connectivity index (χ1v) is 6.81. The number of thioether (sulfide) groups is 1. The second-order valence-corrected chi connectivity index (χ2v) is 5.79. The summed E-state index contributed by atoms with van der Waals surface area (Å²) in [5, 5.41) is 2.11. The second kappa shape index (κ2) is 4.55. The Hall–Kier alpha value is -0.190. The Bertz CT molecular complexity index is 419. The van der Waals surface area contributed by atoms with Crippen molar-refractivity contribution in [2.45, 2.75) is 17.6 Å². The maximum Gasteiger partial charge on any atom is 0.114 e. The molecule has 2 rings (SSSR count). The first-order valence-electron chi connectivity index (χ1n) is 4.15. The molecule has 0 aliphatic heterocycles. The number of furan rings is 1. The van der Waals surface area contributed by atoms with Gasteiger partial charge in [0, 0.05) is 25.4 Å². The monoisotopic (exact) mass is 288 g/mol. The average Bonchev–Trinajstić information content (AvgIpc) is 2.72. The molecule has 0 aliphatic carbocycles. The highest BCUT2D eigenvalue weighted by molar-refractivity contribution is 9.10. The van der Waals surface area contributed by atoms with Gasteiger partial charge in [-0.1, -0.05) is 0 Å². The SMILES string of the molecule is Cc1occc1SCc1cc(Br)cs1. The van der Waals surface area contributed by atoms with E-state index in [1.54, 1.807) is 17.6 Å². The van der Waals surface area contributed by atoms with Crippen LogP contribution in [0.15, 0.2) is 37.6 Å². The fourth-order valence-corrected chi connectivity index (χ4v) is 3.57. The molecule has 0 amide bonds. The van der Waals surface area contributed by atoms with Gasteiger partial charge < -0.3 is 4.42 Å². The summed E-state index contributed by atoms with van der Waals surface area (Å²) in [5.41, 5.74) is 0. The standard InChI is InChI=1S/C10H9BrOS2/c1-7-10(2-3-12-7)14-6-9-4-8(11)5-13-9/h2-5H,6H2,1H3. The quantitative estimate of drug-likeness (QED) is 0.759. The normalized spacial score (nSPS) is 10.7. The lowest BCUT2D eigenvalue weighted by molar-refractivity contribution is 0.527. The Morgan fingerprint density at radius 2 is 2.43 bits per heavy atom. The van der Waals surface area contributed by atoms with Gasteiger partial charge in [-0.3, -0.25) is 0 Å². The summed E-state index contributed by atoms with van der Waals surface area (Å²) in [7, 11) is 0. The lowest BCUT2D eigenvalue weighted by Crippen LogP contribution is -1.73. The summed E-state index contributed by atoms with van der Waals surface area (Å²) in [4.78, 5) is 2.61. The maximum atomic E-state index is 5.23. The van der Waals surface area contributed by atoms with Gasteiger partial charge in [0.25, 0.3) is 0 Å². The minimum atomic E-state index is 1.01. The molecule has 1 nitrogen and oxygen atoms in total. The van der Waals surface area contributed by atoms with E-state index in [0.29, 0.717) is 0 Å². The molecule has 0 fully saturated rings. The molecule has 2 aromatic rings. The van der Waals surface area contributed by atoms with Crippen molar-refractivity contribution in [3.05, 3.63) is 38.9 Å². The summed E-state index contributed by atoms with van der Waals surface area (Å²) >= 11 is 7.04. The zero-order chi connectivity index (χ0) is 9.97. The Balaban J connectivity index is 1.98. The average molecular weight is 289 g/mol. The minimum Gasteiger partial charge on any atom is -0.468 e. The van der Waals surface area contributed by atoms with Gasteiger partial charge in [-0.15, -0.1) is 23.1 Å². The van der Waals surface area contributed by atoms with E-state index in [1.165, 1.54) is 14.2 Å². The van der Waals surface area contributed by atoms with E-state index in [1.807, 2.05) is 24.8 Å². The summed E-state index contributed by atoms with van der Waals surface area (Å²) in [6, 6.07) is 4.18. The van der Waals surface area contributed by atoms with Crippen LogP contribution in [0.4, 0.5) is 0 Å². The maximum absolute atomic E-state index is 5.23. The molecule has 0 atom stereocenters. The van der Waals surface area contributed by atoms with Crippen molar-refractivity contribution in [1.82, 2.24) is 0 Å². The third kappa shape index (κ3) is 2.43. The fourth-order valence-electron chi connectivity index (χ4n) is 1.10. The van der Waals surface area contributed by atoms with Gasteiger partial charge in [0.15, 0.2) is 0 Å². The van der Waals surface area contributed by atoms with Crippen molar-refractivity contribution in [1.29, 1.82) is 0 Å². The van der Waals surface area contributed by atoms with Gasteiger partial charge in [-0.2, -0.15) is 0 Å². The Morgan fingerprint density at radius 3 is 3.00 bits per heavy atom. The van der Waals surface area contributed by atoms with Gasteiger partial charge in [0.05, 0.1) is 6.26 Å². The van der Waals surface area contributed by atoms with Crippen LogP contribution >= 0.6 is 39.0 Å². The van der Waals surface area contributed by atoms with Gasteiger partial charge in [-0.05, 0) is 35.0 Å². The molecule has 14 heavy (non-hydrogen) atoms. The van der Waals surface area contributed by atoms with E-state index in [0.717, 1.165) is 11.5 Å². The van der Waals surface area contributed by atoms with E-state index in [2.05, 4.69) is 27.4 Å². The van der Waals surface area contributed by atoms with Crippen molar-refractivity contribution in [2.75, 3.05) is 0 Å². The first-order chi connectivity index (χ1) is 6.75. The molecule has 0 unspecified atom stereocenters. The van der Waals surface area contributed by atoms with Crippen LogP contribution in [0.5, 0.6) is 0 Å². The summed E-state index contributed by atoms with van der Waals surface area (Å²) in [6.07, 6.45) is 1.74. The van der Waals surface area contributed by atoms with Gasteiger partial charge in [-0.25, -0.2) is 0 Å². The van der Waals surface area contributed by atoms with Crippen LogP contribution in [0.2, 0.25) is 0 Å². The summed E-state index contributed by atoms with van der Waals surface area (Å²) in [6.45, 7) is 1.99. The van der Waals surface area contributed by atoms with Crippen LogP contribution in [0.1, 0.15) is 10.6 Å². The fraction of sp³-hybridized carbons (Fsp3) is 0.200. The van der Waals surface area contributed by atoms with Crippen LogP contribution in [-0.2, 0) is 5.75 Å². The molecular formula is C10H9BrOS2. The lowest BCUT2D eigenvalue weighted by atomic mass is 10.5. The molecule has 0 aromatic carbocycles. The highest BCUT2D eigenvalue weighted by Gasteiger charge is 2.03. The molecule has 0 saturated heterocycles. The van der Waals surface area contributed by atoms with Gasteiger partial charge >= 0.3 is 0 Å². The number of hydrogen-bond acceptors (Lipinski definition) is 3. The predicted octanol–water partition coefficient (Wildman–Crippen LogP) is 4.70. The summed E-state index contributed by atoms with van der Waals surface area (Å²) in [5.74, 6) is 2.02. The van der Waals surface area contributed by atoms with Crippen molar-refractivity contribution in [2.24, 2.45) is 0 Å². The van der Waals surface area contributed by atoms with Crippen molar-refractivity contribution < 1.29 is 4.42 Å². The number of halogens is 1. The molecule has 0 bridgehead atoms. The van der Waals surface area contributed by atoms with Crippen LogP contribution in [0, 0.1) is 6.92 Å². The first kappa shape index (κ1) is 10.3. The van der Waals surface area contributed by atoms with Crippen molar-refractivity contribution in [3.8, 4) is 0 Å². The van der Waals surface area contributed by atoms with E-state index >= 15 is 0 Å². The smallest absolute Gasteiger partial charge is 0.114 e. The van der Waals surface area contributed by atoms with E-state index in [9.17, 15) is 0 Å². The molecule has 0 N–H and O–H groups in total. The largest absolute Gasteiger partial charge is 0.468 e. The molecule has 0 spiro atoms. The Labute approximate surface area is 99.6 Å². The number of hydrogen-bond donors (Lipinski definition) is 0. The van der Waals surface area contributed by atoms with Crippen molar-refractivity contribution >= 4 is 39.0 Å². The molecular weight excluding hydrogens is 280 g/mol. The van der Waals surface area contributed by atoms with E-state index in [-0.39, 0.29) is 0 Å². The van der Waals surface area contributed by atoms with Crippen molar-refractivity contribution in [3.63, 3.8) is 0 Å². The zero-order valence-corrected chi connectivity index (χ0v) is 10.8. The van der Waals surface area contributed by atoms with E-state index < -0.39 is 0 Å². The number of rotatable bonds is 3. The zero-order valence-electron chi connectivity index (χ0n) is 7.62. The van der Waals surface area contributed by atoms with E-state index in [4.69, 9.17) is 4.42 Å². The van der Waals surface area contributed by atoms with Crippen LogP contribution < -0.4 is 0 Å². The van der Waals surface area contributed by atoms with Crippen LogP contribution in [0.3, 0.4) is 0 Å². The van der Waals surface area contributed by atoms with Gasteiger partial charge in [0.2, 0.25) is 0 Å². The Kier molecular flexibility index (Phi) is 3.36. The third-order valence-corrected chi connectivity index (χ3v) is 4.87. The van der Waals surface area contributed by atoms with Gasteiger partial charge in [0.1, 0.15) is 5.76 Å². The highest BCUT2D eigenvalue weighted by Crippen LogP contribution is 2.30. The Morgan fingerprint density at radius 1 is 1.57 bits per heavy atom. The second-order valence-electron chi connectivity index (χ2n) is 2.86. The molecule has 0 aliphatic rings. The molecule has 0 radical (unpaired) electrons. The molecule has 4 heteroatoms. The minimum absolute atomic E-state index is 1.01. The van der Waals surface area contributed by atoms with Crippen LogP contribution in [-0.4, -0.2) is 0 Å². The summed E-state index contributed by atoms with van der Waals surface area (Å²) < 4.78 is 6.40. The molecule has 2 heterocycles. The molecule has 74 valence electrons. The third-order valence-electron chi connectivity index (χ3n) is 1.80. The highest BCUT2D eigenvalue weighted by atomic mass is 79.9. The topological polar surface area (TPSA) is 13.1 Å². The molecule has 0 saturated carbocycles.